The third-order valence-corrected chi connectivity index (χ3v) is 8.42. The van der Waals surface area contributed by atoms with Crippen LogP contribution in [0.2, 0.25) is 0 Å². The first-order valence-electron chi connectivity index (χ1n) is 14.6. The highest BCUT2D eigenvalue weighted by Gasteiger charge is 2.63. The van der Waals surface area contributed by atoms with Crippen LogP contribution in [-0.2, 0) is 39.8 Å². The average molecular weight is 569 g/mol. The monoisotopic (exact) mass is 568 g/mol. The Labute approximate surface area is 243 Å². The van der Waals surface area contributed by atoms with Gasteiger partial charge in [0.15, 0.2) is 0 Å². The maximum absolute atomic E-state index is 11.5. The summed E-state index contributed by atoms with van der Waals surface area (Å²) >= 11 is 0. The van der Waals surface area contributed by atoms with Crippen LogP contribution in [0, 0.1) is 17.8 Å². The Morgan fingerprint density at radius 3 is 2.07 bits per heavy atom. The van der Waals surface area contributed by atoms with Crippen molar-refractivity contribution < 1.29 is 38.1 Å². The van der Waals surface area contributed by atoms with Crippen LogP contribution in [0.5, 0.6) is 5.75 Å². The summed E-state index contributed by atoms with van der Waals surface area (Å²) in [5, 5.41) is 0. The van der Waals surface area contributed by atoms with Gasteiger partial charge in [0.05, 0.1) is 5.92 Å². The van der Waals surface area contributed by atoms with E-state index in [1.807, 2.05) is 12.1 Å². The molecule has 0 amide bonds. The second kappa shape index (κ2) is 14.0. The van der Waals surface area contributed by atoms with E-state index in [1.54, 1.807) is 26.0 Å². The van der Waals surface area contributed by atoms with E-state index < -0.39 is 0 Å². The first-order chi connectivity index (χ1) is 19.4. The summed E-state index contributed by atoms with van der Waals surface area (Å²) < 4.78 is 21.0. The molecule has 4 fully saturated rings. The minimum Gasteiger partial charge on any atom is -0.458 e. The van der Waals surface area contributed by atoms with Crippen LogP contribution in [0.1, 0.15) is 85.1 Å². The molecular weight excluding hydrogens is 524 g/mol. The van der Waals surface area contributed by atoms with Crippen LogP contribution in [0.3, 0.4) is 0 Å². The van der Waals surface area contributed by atoms with Crippen LogP contribution in [0.25, 0.3) is 0 Å². The van der Waals surface area contributed by atoms with Crippen LogP contribution < -0.4 is 4.74 Å². The van der Waals surface area contributed by atoms with Gasteiger partial charge in [-0.3, -0.25) is 9.59 Å². The molecule has 2 bridgehead atoms. The maximum Gasteiger partial charge on any atom is 0.333 e. The van der Waals surface area contributed by atoms with Crippen molar-refractivity contribution in [3.63, 3.8) is 0 Å². The molecule has 8 heteroatoms. The number of esters is 4. The highest BCUT2D eigenvalue weighted by molar-refractivity contribution is 5.87. The molecule has 1 aromatic carbocycles. The van der Waals surface area contributed by atoms with Crippen LogP contribution in [0.15, 0.2) is 48.6 Å². The predicted molar refractivity (Wildman–Crippen MR) is 154 cm³/mol. The van der Waals surface area contributed by atoms with Gasteiger partial charge in [-0.05, 0) is 82.9 Å². The summed E-state index contributed by atoms with van der Waals surface area (Å²) in [6.45, 7) is 16.0. The second-order valence-electron chi connectivity index (χ2n) is 11.6. The van der Waals surface area contributed by atoms with E-state index in [9.17, 15) is 19.2 Å². The van der Waals surface area contributed by atoms with E-state index >= 15 is 0 Å². The van der Waals surface area contributed by atoms with E-state index in [1.165, 1.54) is 25.3 Å². The molecule has 1 aromatic rings. The van der Waals surface area contributed by atoms with E-state index in [0.29, 0.717) is 22.8 Å². The fourth-order valence-electron chi connectivity index (χ4n) is 6.08. The summed E-state index contributed by atoms with van der Waals surface area (Å²) in [4.78, 5) is 44.8. The molecule has 4 aliphatic rings. The topological polar surface area (TPSA) is 105 Å². The summed E-state index contributed by atoms with van der Waals surface area (Å²) in [5.41, 5.74) is 1.96. The normalized spacial score (nSPS) is 26.0. The lowest BCUT2D eigenvalue weighted by molar-refractivity contribution is -0.158. The van der Waals surface area contributed by atoms with E-state index in [0.717, 1.165) is 38.5 Å². The zero-order valence-electron chi connectivity index (χ0n) is 25.0. The number of ether oxygens (including phenoxy) is 4. The molecule has 5 rings (SSSR count). The van der Waals surface area contributed by atoms with Crippen LogP contribution >= 0.6 is 0 Å². The Hall–Kier alpha value is -3.42. The summed E-state index contributed by atoms with van der Waals surface area (Å²) in [6.07, 6.45) is 7.64. The molecule has 3 aliphatic carbocycles. The van der Waals surface area contributed by atoms with Gasteiger partial charge in [0.1, 0.15) is 23.6 Å². The van der Waals surface area contributed by atoms with E-state index in [-0.39, 0.29) is 53.5 Å². The Kier molecular flexibility index (Phi) is 10.9. The molecule has 0 spiro atoms. The molecule has 1 aliphatic heterocycles. The zero-order chi connectivity index (χ0) is 30.3. The van der Waals surface area contributed by atoms with Gasteiger partial charge >= 0.3 is 23.9 Å². The molecule has 3 saturated carbocycles. The van der Waals surface area contributed by atoms with E-state index in [4.69, 9.17) is 18.9 Å². The smallest absolute Gasteiger partial charge is 0.333 e. The lowest BCUT2D eigenvalue weighted by Gasteiger charge is -2.27. The third-order valence-electron chi connectivity index (χ3n) is 8.42. The van der Waals surface area contributed by atoms with Crippen molar-refractivity contribution in [2.75, 3.05) is 0 Å². The predicted octanol–water partition coefficient (Wildman–Crippen LogP) is 6.06. The molecule has 0 aromatic heterocycles. The molecule has 5 unspecified atom stereocenters. The van der Waals surface area contributed by atoms with Gasteiger partial charge in [0.2, 0.25) is 0 Å². The van der Waals surface area contributed by atoms with Crippen molar-refractivity contribution in [1.82, 2.24) is 0 Å². The van der Waals surface area contributed by atoms with E-state index in [2.05, 4.69) is 27.0 Å². The van der Waals surface area contributed by atoms with Gasteiger partial charge < -0.3 is 18.9 Å². The van der Waals surface area contributed by atoms with Crippen molar-refractivity contribution in [2.45, 2.75) is 104 Å². The number of rotatable bonds is 7. The number of fused-ring (bicyclic) bond motifs is 1. The number of hydrogen-bond acceptors (Lipinski definition) is 8. The molecule has 5 atom stereocenters. The van der Waals surface area contributed by atoms with Crippen molar-refractivity contribution >= 4 is 23.9 Å². The van der Waals surface area contributed by atoms with Crippen LogP contribution in [-0.4, -0.2) is 41.7 Å². The van der Waals surface area contributed by atoms with Crippen molar-refractivity contribution in [1.29, 1.82) is 0 Å². The fourth-order valence-corrected chi connectivity index (χ4v) is 6.08. The lowest BCUT2D eigenvalue weighted by atomic mass is 9.88. The third kappa shape index (κ3) is 8.08. The minimum atomic E-state index is -0.378. The zero-order valence-corrected chi connectivity index (χ0v) is 25.0. The summed E-state index contributed by atoms with van der Waals surface area (Å²) in [5.74, 6) is 0.260. The Balaban J connectivity index is 0.000000172. The second-order valence-corrected chi connectivity index (χ2v) is 11.6. The van der Waals surface area contributed by atoms with Gasteiger partial charge in [-0.1, -0.05) is 39.1 Å². The first-order valence-corrected chi connectivity index (χ1v) is 14.6. The maximum atomic E-state index is 11.5. The Morgan fingerprint density at radius 1 is 0.951 bits per heavy atom. The van der Waals surface area contributed by atoms with Gasteiger partial charge in [0.25, 0.3) is 0 Å². The van der Waals surface area contributed by atoms with Crippen molar-refractivity contribution in [3.8, 4) is 5.75 Å². The molecule has 1 heterocycles. The lowest BCUT2D eigenvalue weighted by Crippen LogP contribution is -2.36. The molecule has 0 radical (unpaired) electrons. The molecule has 224 valence electrons. The highest BCUT2D eigenvalue weighted by Crippen LogP contribution is 2.55. The van der Waals surface area contributed by atoms with Crippen molar-refractivity contribution in [3.05, 3.63) is 54.1 Å². The number of aryl methyl sites for hydroxylation is 1. The van der Waals surface area contributed by atoms with Crippen LogP contribution in [0.4, 0.5) is 0 Å². The Bertz CT molecular complexity index is 1140. The quantitative estimate of drug-likeness (QED) is 0.169. The molecule has 0 N–H and O–H groups in total. The Morgan fingerprint density at radius 2 is 1.56 bits per heavy atom. The number of benzene rings is 1. The van der Waals surface area contributed by atoms with Gasteiger partial charge in [-0.15, -0.1) is 0 Å². The standard InChI is InChI=1S/C12H14O4.C11H18O2.C10H12O2/c1-5(2)11(13)15-9-6-3-7-8(4-6)12(14)16-10(7)9;1-4-11(7-5-6-8-11)13-10(12)9(2)3;1-3-9-4-6-10(7-5-9)12-8(2)11/h6-10H,1,3-4H2,2H3;2,4-8H2,1,3H3;4-7H,3H2,1-2H3. The minimum absolute atomic E-state index is 0.0646. The molecule has 41 heavy (non-hydrogen) atoms. The molecule has 8 nitrogen and oxygen atoms in total. The number of carbonyl (C=O) groups excluding carboxylic acids is 4. The molecular formula is C33H44O8. The van der Waals surface area contributed by atoms with Gasteiger partial charge in [-0.2, -0.15) is 0 Å². The molecule has 1 saturated heterocycles. The first kappa shape index (κ1) is 32.1. The fraction of sp³-hybridized carbons (Fsp3) is 0.576. The van der Waals surface area contributed by atoms with Crippen molar-refractivity contribution in [2.24, 2.45) is 17.8 Å². The number of carbonyl (C=O) groups is 4. The summed E-state index contributed by atoms with van der Waals surface area (Å²) in [7, 11) is 0. The SMILES string of the molecule is C=C(C)C(=O)OC1(CC)CCCC1.C=C(C)C(=O)OC1C2CC3C(=O)OC1C3C2.CCc1ccc(OC(C)=O)cc1. The highest BCUT2D eigenvalue weighted by atomic mass is 16.6. The average Bonchev–Trinajstić information content (AvgIpc) is 3.69. The summed E-state index contributed by atoms with van der Waals surface area (Å²) in [6, 6.07) is 7.52. The van der Waals surface area contributed by atoms with Gasteiger partial charge in [-0.25, -0.2) is 9.59 Å². The number of hydrogen-bond donors (Lipinski definition) is 0. The van der Waals surface area contributed by atoms with Gasteiger partial charge in [0, 0.05) is 29.9 Å². The largest absolute Gasteiger partial charge is 0.458 e.